The van der Waals surface area contributed by atoms with E-state index in [0.29, 0.717) is 13.0 Å². The monoisotopic (exact) mass is 437 g/mol. The first kappa shape index (κ1) is 23.4. The molecule has 1 saturated heterocycles. The van der Waals surface area contributed by atoms with Crippen LogP contribution in [0.5, 0.6) is 0 Å². The molecule has 0 radical (unpaired) electrons. The summed E-state index contributed by atoms with van der Waals surface area (Å²) in [6, 6.07) is 3.76. The molecule has 1 aromatic rings. The van der Waals surface area contributed by atoms with Gasteiger partial charge in [-0.1, -0.05) is 17.7 Å². The highest BCUT2D eigenvalue weighted by atomic mass is 35.5. The van der Waals surface area contributed by atoms with E-state index in [1.165, 1.54) is 48.4 Å². The van der Waals surface area contributed by atoms with Crippen molar-refractivity contribution in [2.24, 2.45) is 5.73 Å². The minimum absolute atomic E-state index is 0.0125. The molecule has 1 fully saturated rings. The lowest BCUT2D eigenvalue weighted by atomic mass is 10.0. The number of ether oxygens (including phenoxy) is 1. The van der Waals surface area contributed by atoms with E-state index in [4.69, 9.17) is 27.5 Å². The number of primary amides is 1. The normalized spacial score (nSPS) is 20.1. The predicted molar refractivity (Wildman–Crippen MR) is 111 cm³/mol. The fourth-order valence-electron chi connectivity index (χ4n) is 2.93. The Hall–Kier alpha value is -2.84. The van der Waals surface area contributed by atoms with Crippen LogP contribution in [-0.4, -0.2) is 54.9 Å². The van der Waals surface area contributed by atoms with Crippen molar-refractivity contribution < 1.29 is 23.1 Å². The molecule has 9 heteroatoms. The largest absolute Gasteiger partial charge is 0.378 e. The third-order valence-electron chi connectivity index (χ3n) is 4.50. The SMILES string of the molecule is COC1CCN(C(=O)c2ccc(C(=N)\C=C/C=C(Cl)/C=C/C(N)=O)c(F)c2)CC1F. The van der Waals surface area contributed by atoms with Gasteiger partial charge in [-0.3, -0.25) is 9.59 Å². The maximum Gasteiger partial charge on any atom is 0.254 e. The van der Waals surface area contributed by atoms with Crippen molar-refractivity contribution in [2.45, 2.75) is 18.7 Å². The number of methoxy groups -OCH3 is 1. The number of hydrogen-bond donors (Lipinski definition) is 2. The van der Waals surface area contributed by atoms with Gasteiger partial charge < -0.3 is 20.8 Å². The number of halogens is 3. The van der Waals surface area contributed by atoms with Crippen LogP contribution in [0.4, 0.5) is 8.78 Å². The standard InChI is InChI=1S/C21H22ClF2N3O3/c1-30-19-9-10-27(12-17(19)24)21(29)13-5-7-15(16(23)11-13)18(25)4-2-3-14(22)6-8-20(26)28/h2-8,11,17,19,25H,9-10,12H2,1H3,(H2,26,28)/b4-2-,8-6+,14-3-,25-18?. The number of likely N-dealkylation sites (tertiary alicyclic amines) is 1. The quantitative estimate of drug-likeness (QED) is 0.389. The number of amides is 2. The van der Waals surface area contributed by atoms with Gasteiger partial charge in [0.15, 0.2) is 0 Å². The highest BCUT2D eigenvalue weighted by Gasteiger charge is 2.32. The zero-order valence-electron chi connectivity index (χ0n) is 16.3. The first-order valence-electron chi connectivity index (χ1n) is 9.09. The van der Waals surface area contributed by atoms with Crippen LogP contribution in [-0.2, 0) is 9.53 Å². The van der Waals surface area contributed by atoms with Crippen molar-refractivity contribution >= 4 is 29.1 Å². The Bertz CT molecular complexity index is 915. The summed E-state index contributed by atoms with van der Waals surface area (Å²) in [6.07, 6.45) is 5.01. The molecule has 2 unspecified atom stereocenters. The zero-order chi connectivity index (χ0) is 22.3. The second kappa shape index (κ2) is 10.8. The van der Waals surface area contributed by atoms with Gasteiger partial charge in [-0.15, -0.1) is 0 Å². The van der Waals surface area contributed by atoms with Crippen molar-refractivity contribution in [3.63, 3.8) is 0 Å². The van der Waals surface area contributed by atoms with Crippen LogP contribution in [0.25, 0.3) is 0 Å². The minimum atomic E-state index is -1.30. The number of alkyl halides is 1. The van der Waals surface area contributed by atoms with E-state index in [1.807, 2.05) is 0 Å². The molecule has 0 saturated carbocycles. The number of carbonyl (C=O) groups is 2. The van der Waals surface area contributed by atoms with Gasteiger partial charge in [-0.05, 0) is 42.8 Å². The Morgan fingerprint density at radius 1 is 1.33 bits per heavy atom. The van der Waals surface area contributed by atoms with Gasteiger partial charge in [-0.25, -0.2) is 8.78 Å². The number of nitrogens with one attached hydrogen (secondary N) is 1. The summed E-state index contributed by atoms with van der Waals surface area (Å²) in [7, 11) is 1.42. The molecule has 2 rings (SSSR count). The third kappa shape index (κ3) is 6.33. The summed E-state index contributed by atoms with van der Waals surface area (Å²) < 4.78 is 33.5. The Kier molecular flexibility index (Phi) is 8.44. The molecule has 1 aromatic carbocycles. The molecule has 2 amide bonds. The Morgan fingerprint density at radius 2 is 2.07 bits per heavy atom. The van der Waals surface area contributed by atoms with Gasteiger partial charge in [0, 0.05) is 35.9 Å². The zero-order valence-corrected chi connectivity index (χ0v) is 17.0. The van der Waals surface area contributed by atoms with Gasteiger partial charge in [-0.2, -0.15) is 0 Å². The number of nitrogens with zero attached hydrogens (tertiary/aromatic N) is 1. The predicted octanol–water partition coefficient (Wildman–Crippen LogP) is 3.11. The highest BCUT2D eigenvalue weighted by Crippen LogP contribution is 2.20. The van der Waals surface area contributed by atoms with Gasteiger partial charge in [0.25, 0.3) is 5.91 Å². The molecule has 30 heavy (non-hydrogen) atoms. The molecule has 160 valence electrons. The fourth-order valence-corrected chi connectivity index (χ4v) is 3.06. The van der Waals surface area contributed by atoms with E-state index >= 15 is 0 Å². The van der Waals surface area contributed by atoms with Crippen molar-refractivity contribution in [3.8, 4) is 0 Å². The average molecular weight is 438 g/mol. The van der Waals surface area contributed by atoms with Crippen LogP contribution in [0.3, 0.4) is 0 Å². The third-order valence-corrected chi connectivity index (χ3v) is 4.76. The first-order chi connectivity index (χ1) is 14.2. The summed E-state index contributed by atoms with van der Waals surface area (Å²) >= 11 is 5.84. The highest BCUT2D eigenvalue weighted by molar-refractivity contribution is 6.31. The van der Waals surface area contributed by atoms with E-state index in [-0.39, 0.29) is 28.4 Å². The van der Waals surface area contributed by atoms with Crippen molar-refractivity contribution in [1.29, 1.82) is 5.41 Å². The van der Waals surface area contributed by atoms with Crippen LogP contribution < -0.4 is 5.73 Å². The number of carbonyl (C=O) groups excluding carboxylic acids is 2. The van der Waals surface area contributed by atoms with E-state index in [2.05, 4.69) is 0 Å². The molecular formula is C21H22ClF2N3O3. The number of hydrogen-bond acceptors (Lipinski definition) is 4. The van der Waals surface area contributed by atoms with Gasteiger partial charge in [0.05, 0.1) is 18.4 Å². The Balaban J connectivity index is 2.06. The lowest BCUT2D eigenvalue weighted by Gasteiger charge is -2.34. The average Bonchev–Trinajstić information content (AvgIpc) is 2.71. The van der Waals surface area contributed by atoms with Gasteiger partial charge in [0.1, 0.15) is 12.0 Å². The molecule has 3 N–H and O–H groups in total. The van der Waals surface area contributed by atoms with E-state index in [1.54, 1.807) is 0 Å². The summed E-state index contributed by atoms with van der Waals surface area (Å²) in [5, 5.41) is 8.18. The number of piperidine rings is 1. The Morgan fingerprint density at radius 3 is 2.67 bits per heavy atom. The topological polar surface area (TPSA) is 96.5 Å². The molecule has 1 aliphatic heterocycles. The maximum absolute atomic E-state index is 14.5. The maximum atomic E-state index is 14.5. The van der Waals surface area contributed by atoms with Crippen LogP contribution >= 0.6 is 11.6 Å². The number of benzene rings is 1. The first-order valence-corrected chi connectivity index (χ1v) is 9.46. The lowest BCUT2D eigenvalue weighted by molar-refractivity contribution is -0.113. The van der Waals surface area contributed by atoms with Crippen molar-refractivity contribution in [2.75, 3.05) is 20.2 Å². The molecule has 0 spiro atoms. The minimum Gasteiger partial charge on any atom is -0.378 e. The molecule has 0 aliphatic carbocycles. The number of allylic oxidation sites excluding steroid dienone is 5. The molecule has 1 heterocycles. The van der Waals surface area contributed by atoms with Crippen LogP contribution in [0.1, 0.15) is 22.3 Å². The number of nitrogens with two attached hydrogens (primary N) is 1. The van der Waals surface area contributed by atoms with Crippen LogP contribution in [0.15, 0.2) is 53.6 Å². The van der Waals surface area contributed by atoms with E-state index < -0.39 is 29.9 Å². The molecule has 0 aromatic heterocycles. The summed E-state index contributed by atoms with van der Waals surface area (Å²) in [6.45, 7) is 0.202. The summed E-state index contributed by atoms with van der Waals surface area (Å²) in [4.78, 5) is 24.5. The van der Waals surface area contributed by atoms with Gasteiger partial charge in [0.2, 0.25) is 5.91 Å². The van der Waals surface area contributed by atoms with Crippen molar-refractivity contribution in [1.82, 2.24) is 4.90 Å². The van der Waals surface area contributed by atoms with Crippen LogP contribution in [0.2, 0.25) is 0 Å². The molecular weight excluding hydrogens is 416 g/mol. The molecule has 6 nitrogen and oxygen atoms in total. The van der Waals surface area contributed by atoms with Crippen LogP contribution in [0, 0.1) is 11.2 Å². The molecule has 2 atom stereocenters. The summed E-state index contributed by atoms with van der Waals surface area (Å²) in [5.41, 5.74) is 4.88. The summed E-state index contributed by atoms with van der Waals surface area (Å²) in [5.74, 6) is -1.88. The lowest BCUT2D eigenvalue weighted by Crippen LogP contribution is -2.47. The van der Waals surface area contributed by atoms with Crippen molar-refractivity contribution in [3.05, 3.63) is 70.6 Å². The second-order valence-electron chi connectivity index (χ2n) is 6.58. The van der Waals surface area contributed by atoms with Gasteiger partial charge >= 0.3 is 0 Å². The van der Waals surface area contributed by atoms with E-state index in [0.717, 1.165) is 12.1 Å². The number of rotatable bonds is 7. The molecule has 0 bridgehead atoms. The smallest absolute Gasteiger partial charge is 0.254 e. The molecule has 1 aliphatic rings. The fraction of sp³-hybridized carbons (Fsp3) is 0.286. The van der Waals surface area contributed by atoms with E-state index in [9.17, 15) is 18.4 Å². The second-order valence-corrected chi connectivity index (χ2v) is 7.02. The Labute approximate surface area is 178 Å².